The van der Waals surface area contributed by atoms with Gasteiger partial charge in [-0.05, 0) is 95.3 Å². The van der Waals surface area contributed by atoms with Gasteiger partial charge in [-0.1, -0.05) is 166 Å². The summed E-state index contributed by atoms with van der Waals surface area (Å²) in [5, 5.41) is 0. The van der Waals surface area contributed by atoms with Gasteiger partial charge in [-0.3, -0.25) is 0 Å². The summed E-state index contributed by atoms with van der Waals surface area (Å²) >= 11 is 0. The molecular formula is C46H82O2. The van der Waals surface area contributed by atoms with E-state index in [0.717, 1.165) is 12.8 Å². The number of fused-ring (bicyclic) bond motifs is 1. The molecule has 2 unspecified atom stereocenters. The van der Waals surface area contributed by atoms with Crippen molar-refractivity contribution in [2.24, 2.45) is 5.41 Å². The molecule has 0 amide bonds. The van der Waals surface area contributed by atoms with Crippen LogP contribution in [0, 0.1) is 5.41 Å². The maximum atomic E-state index is 6.59. The summed E-state index contributed by atoms with van der Waals surface area (Å²) in [4.78, 5) is 0. The normalized spacial score (nSPS) is 25.2. The van der Waals surface area contributed by atoms with Gasteiger partial charge in [0.05, 0.1) is 12.2 Å². The maximum Gasteiger partial charge on any atom is 0.170 e. The molecule has 0 N–H and O–H groups in total. The number of allylic oxidation sites excluding steroid dienone is 8. The molecule has 3 rings (SSSR count). The minimum atomic E-state index is -0.201. The number of hydrogen-bond acceptors (Lipinski definition) is 2. The molecule has 2 nitrogen and oxygen atoms in total. The smallest absolute Gasteiger partial charge is 0.170 e. The molecule has 0 aromatic rings. The van der Waals surface area contributed by atoms with Crippen molar-refractivity contribution in [1.82, 2.24) is 0 Å². The molecule has 1 aliphatic heterocycles. The molecule has 1 saturated heterocycles. The van der Waals surface area contributed by atoms with Gasteiger partial charge in [0.2, 0.25) is 0 Å². The maximum absolute atomic E-state index is 6.59. The van der Waals surface area contributed by atoms with Crippen LogP contribution in [0.25, 0.3) is 0 Å². The van der Waals surface area contributed by atoms with Crippen molar-refractivity contribution in [2.75, 3.05) is 0 Å². The number of hydrogen-bond donors (Lipinski definition) is 0. The topological polar surface area (TPSA) is 18.5 Å². The zero-order valence-electron chi connectivity index (χ0n) is 32.8. The average Bonchev–Trinajstić information content (AvgIpc) is 3.67. The van der Waals surface area contributed by atoms with Crippen LogP contribution in [-0.4, -0.2) is 18.0 Å². The lowest BCUT2D eigenvalue weighted by molar-refractivity contribution is -0.280. The second kappa shape index (κ2) is 28.6. The largest absolute Gasteiger partial charge is 0.344 e. The highest BCUT2D eigenvalue weighted by Crippen LogP contribution is 2.61. The SMILES string of the molecule is CC.CCCC/C=C\C/C=C\CCCCCCCCC1(CCCCCCCC/C=C\C/C=C\CCCCC)CC2(C1)OC1CCCC1O2. The number of ether oxygens (including phenoxy) is 2. The van der Waals surface area contributed by atoms with E-state index in [1.165, 1.54) is 180 Å². The second-order valence-corrected chi connectivity index (χ2v) is 15.3. The van der Waals surface area contributed by atoms with Crippen molar-refractivity contribution in [2.45, 2.75) is 238 Å². The van der Waals surface area contributed by atoms with Gasteiger partial charge >= 0.3 is 0 Å². The highest BCUT2D eigenvalue weighted by molar-refractivity contribution is 5.05. The summed E-state index contributed by atoms with van der Waals surface area (Å²) in [6.07, 6.45) is 59.2. The van der Waals surface area contributed by atoms with Gasteiger partial charge in [-0.2, -0.15) is 0 Å². The molecule has 48 heavy (non-hydrogen) atoms. The lowest BCUT2D eigenvalue weighted by Gasteiger charge is -2.54. The Morgan fingerprint density at radius 3 is 1.27 bits per heavy atom. The Morgan fingerprint density at radius 2 is 0.833 bits per heavy atom. The third-order valence-electron chi connectivity index (χ3n) is 11.0. The standard InChI is InChI=1S/C44H76O2.C2H6/c1-3-5-7-9-11-13-15-17-19-21-23-25-27-29-31-33-38-43(39-44(40-43)45-41-35-34-36-42(41)46-44)37-32-30-28-26-24-22-20-18-16-14-12-10-8-6-4-2;1-2/h10-13,16-19,41-42H,3-9,14-15,20-40H2,1-2H3;1-2H3/b12-10-,13-11-,18-16-,19-17-;. The van der Waals surface area contributed by atoms with Crippen LogP contribution in [0.5, 0.6) is 0 Å². The summed E-state index contributed by atoms with van der Waals surface area (Å²) in [5.74, 6) is -0.201. The van der Waals surface area contributed by atoms with E-state index in [0.29, 0.717) is 17.6 Å². The average molecular weight is 667 g/mol. The number of unbranched alkanes of at least 4 members (excludes halogenated alkanes) is 17. The molecule has 0 aromatic heterocycles. The minimum absolute atomic E-state index is 0.201. The van der Waals surface area contributed by atoms with Crippen molar-refractivity contribution in [3.8, 4) is 0 Å². The van der Waals surface area contributed by atoms with Gasteiger partial charge in [0.1, 0.15) is 0 Å². The molecule has 3 aliphatic rings. The Labute approximate surface area is 301 Å². The highest BCUT2D eigenvalue weighted by Gasteiger charge is 2.61. The highest BCUT2D eigenvalue weighted by atomic mass is 16.8. The summed E-state index contributed by atoms with van der Waals surface area (Å²) in [6, 6.07) is 0. The zero-order chi connectivity index (χ0) is 34.4. The molecule has 0 radical (unpaired) electrons. The van der Waals surface area contributed by atoms with Crippen LogP contribution in [-0.2, 0) is 9.47 Å². The third kappa shape index (κ3) is 18.8. The lowest BCUT2D eigenvalue weighted by atomic mass is 9.59. The van der Waals surface area contributed by atoms with E-state index in [1.54, 1.807) is 0 Å². The lowest BCUT2D eigenvalue weighted by Crippen LogP contribution is -2.53. The van der Waals surface area contributed by atoms with Crippen molar-refractivity contribution < 1.29 is 9.47 Å². The third-order valence-corrected chi connectivity index (χ3v) is 11.0. The molecule has 3 fully saturated rings. The molecule has 1 heterocycles. The molecule has 1 spiro atoms. The van der Waals surface area contributed by atoms with Crippen molar-refractivity contribution in [1.29, 1.82) is 0 Å². The Bertz CT molecular complexity index is 830. The Kier molecular flexibility index (Phi) is 25.6. The zero-order valence-corrected chi connectivity index (χ0v) is 32.8. The van der Waals surface area contributed by atoms with Gasteiger partial charge in [0.15, 0.2) is 5.79 Å². The van der Waals surface area contributed by atoms with E-state index < -0.39 is 0 Å². The molecule has 0 bridgehead atoms. The van der Waals surface area contributed by atoms with E-state index in [9.17, 15) is 0 Å². The molecule has 2 atom stereocenters. The van der Waals surface area contributed by atoms with Crippen LogP contribution in [0.3, 0.4) is 0 Å². The van der Waals surface area contributed by atoms with Crippen LogP contribution < -0.4 is 0 Å². The van der Waals surface area contributed by atoms with Crippen LogP contribution in [0.2, 0.25) is 0 Å². The van der Waals surface area contributed by atoms with Gasteiger partial charge in [-0.15, -0.1) is 0 Å². The first kappa shape index (κ1) is 43.0. The summed E-state index contributed by atoms with van der Waals surface area (Å²) in [6.45, 7) is 8.54. The summed E-state index contributed by atoms with van der Waals surface area (Å²) in [7, 11) is 0. The van der Waals surface area contributed by atoms with Gasteiger partial charge < -0.3 is 9.47 Å². The van der Waals surface area contributed by atoms with Crippen LogP contribution in [0.1, 0.15) is 220 Å². The van der Waals surface area contributed by atoms with Crippen LogP contribution in [0.4, 0.5) is 0 Å². The van der Waals surface area contributed by atoms with Gasteiger partial charge in [-0.25, -0.2) is 0 Å². The predicted octanol–water partition coefficient (Wildman–Crippen LogP) is 15.5. The molecule has 0 aromatic carbocycles. The van der Waals surface area contributed by atoms with Crippen LogP contribution >= 0.6 is 0 Å². The Hall–Kier alpha value is -1.12. The van der Waals surface area contributed by atoms with E-state index >= 15 is 0 Å². The predicted molar refractivity (Wildman–Crippen MR) is 213 cm³/mol. The van der Waals surface area contributed by atoms with E-state index in [-0.39, 0.29) is 5.79 Å². The molecular weight excluding hydrogens is 585 g/mol. The fraction of sp³-hybridized carbons (Fsp3) is 0.826. The molecule has 278 valence electrons. The first-order valence-electron chi connectivity index (χ1n) is 21.7. The first-order chi connectivity index (χ1) is 23.7. The van der Waals surface area contributed by atoms with E-state index in [2.05, 4.69) is 62.5 Å². The van der Waals surface area contributed by atoms with Crippen molar-refractivity contribution >= 4 is 0 Å². The van der Waals surface area contributed by atoms with Gasteiger partial charge in [0.25, 0.3) is 0 Å². The monoisotopic (exact) mass is 667 g/mol. The Balaban J connectivity index is 0.00000392. The van der Waals surface area contributed by atoms with E-state index in [4.69, 9.17) is 9.47 Å². The fourth-order valence-electron chi connectivity index (χ4n) is 8.26. The molecule has 2 saturated carbocycles. The quantitative estimate of drug-likeness (QED) is 0.0584. The second-order valence-electron chi connectivity index (χ2n) is 15.3. The van der Waals surface area contributed by atoms with Crippen LogP contribution in [0.15, 0.2) is 48.6 Å². The Morgan fingerprint density at radius 1 is 0.458 bits per heavy atom. The molecule has 2 aliphatic carbocycles. The minimum Gasteiger partial charge on any atom is -0.344 e. The van der Waals surface area contributed by atoms with E-state index in [1.807, 2.05) is 13.8 Å². The van der Waals surface area contributed by atoms with Crippen molar-refractivity contribution in [3.63, 3.8) is 0 Å². The fourth-order valence-corrected chi connectivity index (χ4v) is 8.26. The van der Waals surface area contributed by atoms with Gasteiger partial charge in [0, 0.05) is 12.8 Å². The summed E-state index contributed by atoms with van der Waals surface area (Å²) < 4.78 is 13.2. The summed E-state index contributed by atoms with van der Waals surface area (Å²) in [5.41, 5.74) is 0.490. The molecule has 2 heteroatoms. The first-order valence-corrected chi connectivity index (χ1v) is 21.7. The number of rotatable bonds is 29. The van der Waals surface area contributed by atoms with Crippen molar-refractivity contribution in [3.05, 3.63) is 48.6 Å².